The van der Waals surface area contributed by atoms with Crippen molar-refractivity contribution < 1.29 is 18.0 Å². The minimum absolute atomic E-state index is 0.00272. The summed E-state index contributed by atoms with van der Waals surface area (Å²) in [5.74, 6) is -0.253. The maximum Gasteiger partial charge on any atom is 0.416 e. The van der Waals surface area contributed by atoms with Crippen molar-refractivity contribution in [1.82, 2.24) is 20.1 Å². The number of halogens is 3. The molecule has 0 saturated carbocycles. The second-order valence-electron chi connectivity index (χ2n) is 7.13. The molecule has 0 fully saturated rings. The topological polar surface area (TPSA) is 71.8 Å². The minimum Gasteiger partial charge on any atom is -0.323 e. The van der Waals surface area contributed by atoms with E-state index in [1.807, 2.05) is 44.2 Å². The van der Waals surface area contributed by atoms with Crippen molar-refractivity contribution in [3.05, 3.63) is 72.3 Å². The molecule has 0 spiro atoms. The predicted molar refractivity (Wildman–Crippen MR) is 107 cm³/mol. The Morgan fingerprint density at radius 3 is 2.47 bits per heavy atom. The molecule has 9 heteroatoms. The number of amides is 1. The van der Waals surface area contributed by atoms with E-state index in [0.29, 0.717) is 0 Å². The zero-order valence-corrected chi connectivity index (χ0v) is 16.5. The van der Waals surface area contributed by atoms with Crippen molar-refractivity contribution in [3.8, 4) is 5.69 Å². The molecule has 1 aromatic heterocycles. The summed E-state index contributed by atoms with van der Waals surface area (Å²) < 4.78 is 40.7. The normalized spacial score (nSPS) is 12.7. The first-order valence-electron chi connectivity index (χ1n) is 9.40. The van der Waals surface area contributed by atoms with E-state index in [-0.39, 0.29) is 29.9 Å². The number of rotatable bonds is 7. The highest BCUT2D eigenvalue weighted by Gasteiger charge is 2.31. The molecule has 0 saturated heterocycles. The predicted octanol–water partition coefficient (Wildman–Crippen LogP) is 4.21. The summed E-state index contributed by atoms with van der Waals surface area (Å²) in [5.41, 5.74) is 0.460. The van der Waals surface area contributed by atoms with Gasteiger partial charge in [-0.3, -0.25) is 4.79 Å². The van der Waals surface area contributed by atoms with Crippen LogP contribution in [0.3, 0.4) is 0 Å². The summed E-state index contributed by atoms with van der Waals surface area (Å²) in [4.78, 5) is 16.4. The van der Waals surface area contributed by atoms with Crippen LogP contribution in [0.2, 0.25) is 0 Å². The Kier molecular flexibility index (Phi) is 6.51. The first kappa shape index (κ1) is 21.5. The Morgan fingerprint density at radius 1 is 1.13 bits per heavy atom. The zero-order valence-electron chi connectivity index (χ0n) is 16.5. The number of aromatic nitrogens is 3. The molecular formula is C21H22F3N5O. The number of hydrogen-bond acceptors (Lipinski definition) is 4. The fraction of sp³-hybridized carbons (Fsp3) is 0.286. The minimum atomic E-state index is -4.53. The molecule has 30 heavy (non-hydrogen) atoms. The van der Waals surface area contributed by atoms with E-state index in [1.165, 1.54) is 23.4 Å². The van der Waals surface area contributed by atoms with Crippen LogP contribution in [0.15, 0.2) is 61.2 Å². The second-order valence-corrected chi connectivity index (χ2v) is 7.13. The van der Waals surface area contributed by atoms with E-state index in [9.17, 15) is 18.0 Å². The Balaban J connectivity index is 1.78. The average Bonchev–Trinajstić information content (AvgIpc) is 3.22. The van der Waals surface area contributed by atoms with Crippen LogP contribution in [-0.4, -0.2) is 27.2 Å². The maximum absolute atomic E-state index is 13.2. The van der Waals surface area contributed by atoms with Crippen LogP contribution in [0, 0.1) is 5.92 Å². The summed E-state index contributed by atoms with van der Waals surface area (Å²) in [7, 11) is 0. The number of nitrogens with one attached hydrogen (secondary N) is 2. The van der Waals surface area contributed by atoms with Crippen LogP contribution in [0.4, 0.5) is 18.9 Å². The van der Waals surface area contributed by atoms with Gasteiger partial charge in [-0.1, -0.05) is 44.2 Å². The molecule has 2 aromatic carbocycles. The molecule has 1 heterocycles. The number of nitrogens with zero attached hydrogens (tertiary/aromatic N) is 3. The van der Waals surface area contributed by atoms with E-state index in [1.54, 1.807) is 0 Å². The van der Waals surface area contributed by atoms with E-state index in [0.717, 1.165) is 17.7 Å². The number of carbonyl (C=O) groups excluding carboxylic acids is 1. The Morgan fingerprint density at radius 2 is 1.87 bits per heavy atom. The van der Waals surface area contributed by atoms with Crippen molar-refractivity contribution in [3.63, 3.8) is 0 Å². The Bertz CT molecular complexity index is 972. The SMILES string of the molecule is CC(C)[C@H](NCC(=O)Nc1cc(C(F)(F)F)ccc1-n1cncn1)c1ccccc1. The van der Waals surface area contributed by atoms with Gasteiger partial charge in [0.15, 0.2) is 0 Å². The molecule has 0 radical (unpaired) electrons. The van der Waals surface area contributed by atoms with Gasteiger partial charge in [0, 0.05) is 6.04 Å². The summed E-state index contributed by atoms with van der Waals surface area (Å²) in [6.07, 6.45) is -1.92. The van der Waals surface area contributed by atoms with Gasteiger partial charge in [-0.05, 0) is 29.7 Å². The lowest BCUT2D eigenvalue weighted by Crippen LogP contribution is -2.33. The molecule has 158 valence electrons. The van der Waals surface area contributed by atoms with Gasteiger partial charge in [-0.15, -0.1) is 0 Å². The maximum atomic E-state index is 13.2. The highest BCUT2D eigenvalue weighted by molar-refractivity contribution is 5.94. The van der Waals surface area contributed by atoms with Crippen molar-refractivity contribution in [2.75, 3.05) is 11.9 Å². The van der Waals surface area contributed by atoms with Crippen LogP contribution in [0.25, 0.3) is 5.69 Å². The second kappa shape index (κ2) is 9.08. The number of carbonyl (C=O) groups is 1. The lowest BCUT2D eigenvalue weighted by molar-refractivity contribution is -0.137. The molecule has 0 bridgehead atoms. The molecule has 3 rings (SSSR count). The van der Waals surface area contributed by atoms with E-state index < -0.39 is 17.6 Å². The highest BCUT2D eigenvalue weighted by atomic mass is 19.4. The fourth-order valence-electron chi connectivity index (χ4n) is 3.14. The highest BCUT2D eigenvalue weighted by Crippen LogP contribution is 2.33. The molecule has 2 N–H and O–H groups in total. The molecule has 1 amide bonds. The molecule has 0 unspecified atom stereocenters. The molecule has 6 nitrogen and oxygen atoms in total. The van der Waals surface area contributed by atoms with Crippen LogP contribution in [0.1, 0.15) is 31.0 Å². The average molecular weight is 417 g/mol. The molecule has 3 aromatic rings. The lowest BCUT2D eigenvalue weighted by atomic mass is 9.96. The third-order valence-electron chi connectivity index (χ3n) is 4.57. The van der Waals surface area contributed by atoms with Gasteiger partial charge in [0.2, 0.25) is 5.91 Å². The zero-order chi connectivity index (χ0) is 21.7. The van der Waals surface area contributed by atoms with Crippen molar-refractivity contribution in [2.24, 2.45) is 5.92 Å². The molecule has 0 aliphatic heterocycles. The quantitative estimate of drug-likeness (QED) is 0.604. The van der Waals surface area contributed by atoms with Gasteiger partial charge in [-0.2, -0.15) is 18.3 Å². The smallest absolute Gasteiger partial charge is 0.323 e. The summed E-state index contributed by atoms with van der Waals surface area (Å²) in [5, 5.41) is 9.69. The van der Waals surface area contributed by atoms with Crippen molar-refractivity contribution in [2.45, 2.75) is 26.1 Å². The lowest BCUT2D eigenvalue weighted by Gasteiger charge is -2.23. The monoisotopic (exact) mass is 417 g/mol. The van der Waals surface area contributed by atoms with Gasteiger partial charge in [0.25, 0.3) is 0 Å². The molecular weight excluding hydrogens is 395 g/mol. The fourth-order valence-corrected chi connectivity index (χ4v) is 3.14. The summed E-state index contributed by atoms with van der Waals surface area (Å²) in [6, 6.07) is 12.7. The third-order valence-corrected chi connectivity index (χ3v) is 4.57. The standard InChI is InChI=1S/C21H22F3N5O/c1-14(2)20(15-6-4-3-5-7-15)26-11-19(30)28-17-10-16(21(22,23)24)8-9-18(17)29-13-25-12-27-29/h3-10,12-14,20,26H,11H2,1-2H3,(H,28,30)/t20-/m0/s1. The van der Waals surface area contributed by atoms with Crippen LogP contribution >= 0.6 is 0 Å². The number of alkyl halides is 3. The van der Waals surface area contributed by atoms with Gasteiger partial charge >= 0.3 is 6.18 Å². The largest absolute Gasteiger partial charge is 0.416 e. The van der Waals surface area contributed by atoms with Gasteiger partial charge in [0.1, 0.15) is 12.7 Å². The van der Waals surface area contributed by atoms with E-state index >= 15 is 0 Å². The van der Waals surface area contributed by atoms with Crippen LogP contribution < -0.4 is 10.6 Å². The number of anilines is 1. The van der Waals surface area contributed by atoms with E-state index in [4.69, 9.17) is 0 Å². The van der Waals surface area contributed by atoms with Gasteiger partial charge < -0.3 is 10.6 Å². The summed E-state index contributed by atoms with van der Waals surface area (Å²) >= 11 is 0. The van der Waals surface area contributed by atoms with Crippen molar-refractivity contribution in [1.29, 1.82) is 0 Å². The van der Waals surface area contributed by atoms with E-state index in [2.05, 4.69) is 20.7 Å². The Hall–Kier alpha value is -3.20. The molecule has 1 atom stereocenters. The third kappa shape index (κ3) is 5.24. The first-order chi connectivity index (χ1) is 14.3. The Labute approximate surface area is 172 Å². The van der Waals surface area contributed by atoms with Crippen LogP contribution in [-0.2, 0) is 11.0 Å². The molecule has 0 aliphatic rings. The van der Waals surface area contributed by atoms with Gasteiger partial charge in [-0.25, -0.2) is 9.67 Å². The molecule has 0 aliphatic carbocycles. The van der Waals surface area contributed by atoms with Crippen molar-refractivity contribution >= 4 is 11.6 Å². The first-order valence-corrected chi connectivity index (χ1v) is 9.40. The summed E-state index contributed by atoms with van der Waals surface area (Å²) in [6.45, 7) is 3.99. The van der Waals surface area contributed by atoms with Gasteiger partial charge in [0.05, 0.1) is 23.5 Å². The number of benzene rings is 2. The number of hydrogen-bond donors (Lipinski definition) is 2. The van der Waals surface area contributed by atoms with Crippen LogP contribution in [0.5, 0.6) is 0 Å².